The first-order valence-corrected chi connectivity index (χ1v) is 7.22. The van der Waals surface area contributed by atoms with Crippen molar-refractivity contribution in [3.63, 3.8) is 0 Å². The number of hydrogen-bond acceptors (Lipinski definition) is 2. The zero-order valence-corrected chi connectivity index (χ0v) is 12.0. The van der Waals surface area contributed by atoms with Gasteiger partial charge in [-0.25, -0.2) is 0 Å². The molecule has 0 saturated carbocycles. The number of amides is 1. The van der Waals surface area contributed by atoms with Gasteiger partial charge >= 0.3 is 0 Å². The molecular weight excluding hydrogens is 236 g/mol. The topological polar surface area (TPSA) is 23.6 Å². The molecule has 104 valence electrons. The molecule has 1 amide bonds. The third kappa shape index (κ3) is 3.72. The van der Waals surface area contributed by atoms with E-state index < -0.39 is 0 Å². The molecule has 1 heterocycles. The van der Waals surface area contributed by atoms with Crippen LogP contribution in [-0.2, 0) is 11.2 Å². The molecule has 0 aliphatic carbocycles. The highest BCUT2D eigenvalue weighted by Crippen LogP contribution is 2.24. The summed E-state index contributed by atoms with van der Waals surface area (Å²) in [4.78, 5) is 14.9. The van der Waals surface area contributed by atoms with Crippen LogP contribution >= 0.6 is 0 Å². The molecule has 2 rings (SSSR count). The monoisotopic (exact) mass is 260 g/mol. The maximum Gasteiger partial charge on any atom is 0.209 e. The van der Waals surface area contributed by atoms with Gasteiger partial charge in [0, 0.05) is 32.4 Å². The van der Waals surface area contributed by atoms with E-state index in [-0.39, 0.29) is 0 Å². The summed E-state index contributed by atoms with van der Waals surface area (Å²) in [5, 5.41) is 0. The quantitative estimate of drug-likeness (QED) is 0.760. The Morgan fingerprint density at radius 1 is 1.26 bits per heavy atom. The summed E-state index contributed by atoms with van der Waals surface area (Å²) >= 11 is 0. The van der Waals surface area contributed by atoms with Gasteiger partial charge in [-0.3, -0.25) is 4.79 Å². The molecule has 0 bridgehead atoms. The van der Waals surface area contributed by atoms with Crippen LogP contribution in [0.1, 0.15) is 25.3 Å². The summed E-state index contributed by atoms with van der Waals surface area (Å²) < 4.78 is 0. The minimum atomic E-state index is 0.654. The van der Waals surface area contributed by atoms with Gasteiger partial charge in [0.15, 0.2) is 0 Å². The van der Waals surface area contributed by atoms with Crippen molar-refractivity contribution < 1.29 is 4.79 Å². The van der Waals surface area contributed by atoms with E-state index in [1.807, 2.05) is 7.05 Å². The van der Waals surface area contributed by atoms with Gasteiger partial charge < -0.3 is 9.80 Å². The number of benzene rings is 1. The van der Waals surface area contributed by atoms with Gasteiger partial charge in [-0.05, 0) is 42.9 Å². The van der Waals surface area contributed by atoms with Crippen LogP contribution in [0.4, 0.5) is 5.69 Å². The number of carbonyl (C=O) groups excluding carboxylic acids is 1. The Labute approximate surface area is 116 Å². The number of rotatable bonds is 5. The van der Waals surface area contributed by atoms with Crippen LogP contribution in [0.2, 0.25) is 0 Å². The van der Waals surface area contributed by atoms with Gasteiger partial charge in [0.2, 0.25) is 6.41 Å². The van der Waals surface area contributed by atoms with Gasteiger partial charge in [-0.2, -0.15) is 0 Å². The first-order chi connectivity index (χ1) is 9.22. The zero-order chi connectivity index (χ0) is 13.7. The summed E-state index contributed by atoms with van der Waals surface area (Å²) in [5.41, 5.74) is 2.73. The SMILES string of the molecule is CCc1ccc(N2CCC(CN(C)C=O)CC2)cc1. The highest BCUT2D eigenvalue weighted by atomic mass is 16.1. The van der Waals surface area contributed by atoms with Gasteiger partial charge in [-0.15, -0.1) is 0 Å². The second kappa shape index (κ2) is 6.60. The summed E-state index contributed by atoms with van der Waals surface area (Å²) in [6.07, 6.45) is 4.37. The van der Waals surface area contributed by atoms with Crippen molar-refractivity contribution in [1.29, 1.82) is 0 Å². The van der Waals surface area contributed by atoms with Gasteiger partial charge in [0.1, 0.15) is 0 Å². The van der Waals surface area contributed by atoms with Crippen LogP contribution in [0.5, 0.6) is 0 Å². The molecule has 0 aromatic heterocycles. The van der Waals surface area contributed by atoms with Crippen LogP contribution in [0.25, 0.3) is 0 Å². The molecular formula is C16H24N2O. The van der Waals surface area contributed by atoms with Crippen LogP contribution in [-0.4, -0.2) is 38.0 Å². The molecule has 1 aromatic carbocycles. The summed E-state index contributed by atoms with van der Waals surface area (Å²) in [5.74, 6) is 0.654. The lowest BCUT2D eigenvalue weighted by Gasteiger charge is -2.34. The van der Waals surface area contributed by atoms with E-state index in [2.05, 4.69) is 36.1 Å². The molecule has 0 radical (unpaired) electrons. The second-order valence-corrected chi connectivity index (χ2v) is 5.50. The molecule has 1 aliphatic rings. The molecule has 1 aliphatic heterocycles. The number of piperidine rings is 1. The average molecular weight is 260 g/mol. The fraction of sp³-hybridized carbons (Fsp3) is 0.562. The minimum absolute atomic E-state index is 0.654. The standard InChI is InChI=1S/C16H24N2O/c1-3-14-4-6-16(7-5-14)18-10-8-15(9-11-18)12-17(2)13-19/h4-7,13,15H,3,8-12H2,1-2H3. The van der Waals surface area contributed by atoms with E-state index in [0.29, 0.717) is 5.92 Å². The Morgan fingerprint density at radius 3 is 2.42 bits per heavy atom. The predicted octanol–water partition coefficient (Wildman–Crippen LogP) is 2.55. The lowest BCUT2D eigenvalue weighted by Crippen LogP contribution is -2.37. The minimum Gasteiger partial charge on any atom is -0.372 e. The van der Waals surface area contributed by atoms with Crippen LogP contribution in [0.15, 0.2) is 24.3 Å². The molecule has 0 atom stereocenters. The molecule has 1 saturated heterocycles. The Morgan fingerprint density at radius 2 is 1.89 bits per heavy atom. The fourth-order valence-corrected chi connectivity index (χ4v) is 2.77. The number of nitrogens with zero attached hydrogens (tertiary/aromatic N) is 2. The Balaban J connectivity index is 1.86. The van der Waals surface area contributed by atoms with E-state index >= 15 is 0 Å². The number of hydrogen-bond donors (Lipinski definition) is 0. The lowest BCUT2D eigenvalue weighted by atomic mass is 9.96. The normalized spacial score (nSPS) is 16.4. The largest absolute Gasteiger partial charge is 0.372 e. The fourth-order valence-electron chi connectivity index (χ4n) is 2.77. The third-order valence-electron chi connectivity index (χ3n) is 4.05. The number of carbonyl (C=O) groups is 1. The van der Waals surface area contributed by atoms with Crippen molar-refractivity contribution >= 4 is 12.1 Å². The van der Waals surface area contributed by atoms with Gasteiger partial charge in [0.25, 0.3) is 0 Å². The van der Waals surface area contributed by atoms with E-state index in [4.69, 9.17) is 0 Å². The van der Waals surface area contributed by atoms with Crippen molar-refractivity contribution in [2.24, 2.45) is 5.92 Å². The van der Waals surface area contributed by atoms with Crippen LogP contribution in [0, 0.1) is 5.92 Å². The molecule has 0 spiro atoms. The van der Waals surface area contributed by atoms with Crippen molar-refractivity contribution in [2.45, 2.75) is 26.2 Å². The first kappa shape index (κ1) is 13.9. The van der Waals surface area contributed by atoms with E-state index in [9.17, 15) is 4.79 Å². The molecule has 19 heavy (non-hydrogen) atoms. The van der Waals surface area contributed by atoms with Crippen molar-refractivity contribution in [3.05, 3.63) is 29.8 Å². The van der Waals surface area contributed by atoms with Gasteiger partial charge in [-0.1, -0.05) is 19.1 Å². The van der Waals surface area contributed by atoms with Gasteiger partial charge in [0.05, 0.1) is 0 Å². The first-order valence-electron chi connectivity index (χ1n) is 7.22. The predicted molar refractivity (Wildman–Crippen MR) is 79.5 cm³/mol. The zero-order valence-electron chi connectivity index (χ0n) is 12.0. The number of anilines is 1. The van der Waals surface area contributed by atoms with Crippen LogP contribution < -0.4 is 4.90 Å². The molecule has 0 unspecified atom stereocenters. The summed E-state index contributed by atoms with van der Waals surface area (Å²) in [7, 11) is 1.86. The maximum absolute atomic E-state index is 10.6. The van der Waals surface area contributed by atoms with Crippen molar-refractivity contribution in [2.75, 3.05) is 31.6 Å². The van der Waals surface area contributed by atoms with Crippen molar-refractivity contribution in [3.8, 4) is 0 Å². The Bertz CT molecular complexity index is 394. The molecule has 3 heteroatoms. The van der Waals surface area contributed by atoms with E-state index in [1.54, 1.807) is 4.90 Å². The highest BCUT2D eigenvalue weighted by Gasteiger charge is 2.20. The van der Waals surface area contributed by atoms with E-state index in [0.717, 1.165) is 32.5 Å². The Hall–Kier alpha value is -1.51. The lowest BCUT2D eigenvalue weighted by molar-refractivity contribution is -0.117. The smallest absolute Gasteiger partial charge is 0.209 e. The summed E-state index contributed by atoms with van der Waals surface area (Å²) in [6, 6.07) is 8.91. The molecule has 1 aromatic rings. The van der Waals surface area contributed by atoms with Crippen molar-refractivity contribution in [1.82, 2.24) is 4.90 Å². The Kier molecular flexibility index (Phi) is 4.83. The number of aryl methyl sites for hydroxylation is 1. The maximum atomic E-state index is 10.6. The third-order valence-corrected chi connectivity index (χ3v) is 4.05. The average Bonchev–Trinajstić information content (AvgIpc) is 2.48. The van der Waals surface area contributed by atoms with E-state index in [1.165, 1.54) is 24.1 Å². The second-order valence-electron chi connectivity index (χ2n) is 5.50. The van der Waals surface area contributed by atoms with Crippen LogP contribution in [0.3, 0.4) is 0 Å². The molecule has 0 N–H and O–H groups in total. The molecule has 3 nitrogen and oxygen atoms in total. The highest BCUT2D eigenvalue weighted by molar-refractivity contribution is 5.48. The molecule has 1 fully saturated rings. The summed E-state index contributed by atoms with van der Waals surface area (Å²) in [6.45, 7) is 5.28.